The van der Waals surface area contributed by atoms with E-state index in [1.165, 1.54) is 18.4 Å². The molecule has 506 valence electrons. The quantitative estimate of drug-likeness (QED) is 0.0567. The predicted molar refractivity (Wildman–Crippen MR) is 351 cm³/mol. The summed E-state index contributed by atoms with van der Waals surface area (Å²) in [5.74, 6) is 2.41. The average molecular weight is 1270 g/mol. The van der Waals surface area contributed by atoms with E-state index in [4.69, 9.17) is 18.3 Å². The van der Waals surface area contributed by atoms with E-state index in [0.717, 1.165) is 24.1 Å². The Bertz CT molecular complexity index is 3050. The second kappa shape index (κ2) is 34.7. The zero-order valence-electron chi connectivity index (χ0n) is 58.8. The maximum Gasteiger partial charge on any atom is 0.317 e. The lowest BCUT2D eigenvalue weighted by atomic mass is 9.86. The van der Waals surface area contributed by atoms with Crippen LogP contribution in [0.5, 0.6) is 0 Å². The van der Waals surface area contributed by atoms with Gasteiger partial charge in [-0.15, -0.1) is 0 Å². The molecule has 24 heteroatoms. The lowest BCUT2D eigenvalue weighted by Crippen LogP contribution is -2.59. The van der Waals surface area contributed by atoms with Crippen molar-refractivity contribution < 1.29 is 47.1 Å². The van der Waals surface area contributed by atoms with Gasteiger partial charge >= 0.3 is 6.03 Å². The van der Waals surface area contributed by atoms with Crippen LogP contribution in [0.4, 0.5) is 4.79 Å². The van der Waals surface area contributed by atoms with Gasteiger partial charge in [-0.05, 0) is 157 Å². The highest BCUT2D eigenvalue weighted by Crippen LogP contribution is 2.39. The number of carbonyl (C=O) groups is 6. The molecule has 24 nitrogen and oxygen atoms in total. The van der Waals surface area contributed by atoms with E-state index in [1.54, 1.807) is 11.1 Å². The highest BCUT2D eigenvalue weighted by molar-refractivity contribution is 5.95. The maximum absolute atomic E-state index is 11.7. The van der Waals surface area contributed by atoms with E-state index in [2.05, 4.69) is 88.1 Å². The first-order valence-corrected chi connectivity index (χ1v) is 31.9. The van der Waals surface area contributed by atoms with Gasteiger partial charge in [0, 0.05) is 76.9 Å². The fourth-order valence-electron chi connectivity index (χ4n) is 7.58. The van der Waals surface area contributed by atoms with E-state index in [1.807, 2.05) is 182 Å². The minimum absolute atomic E-state index is 0.00420. The molecule has 1 aliphatic heterocycles. The molecule has 6 N–H and O–H groups in total. The van der Waals surface area contributed by atoms with Gasteiger partial charge in [-0.2, -0.15) is 15.0 Å². The summed E-state index contributed by atoms with van der Waals surface area (Å²) in [5.41, 5.74) is 3.28. The molecule has 1 saturated heterocycles. The van der Waals surface area contributed by atoms with Gasteiger partial charge in [0.15, 0.2) is 0 Å². The third-order valence-corrected chi connectivity index (χ3v) is 12.6. The van der Waals surface area contributed by atoms with E-state index in [9.17, 15) is 28.8 Å². The molecular formula is C67H108N14O10. The van der Waals surface area contributed by atoms with Gasteiger partial charge in [0.2, 0.25) is 17.7 Å². The number of pyridine rings is 1. The van der Waals surface area contributed by atoms with Crippen molar-refractivity contribution in [3.05, 3.63) is 100 Å². The van der Waals surface area contributed by atoms with E-state index in [0.29, 0.717) is 60.6 Å². The number of rotatable bonds is 15. The monoisotopic (exact) mass is 1270 g/mol. The van der Waals surface area contributed by atoms with Gasteiger partial charge in [0.05, 0.1) is 30.4 Å². The Hall–Kier alpha value is -7.63. The summed E-state index contributed by atoms with van der Waals surface area (Å²) in [5, 5.41) is 27.7. The Morgan fingerprint density at radius 2 is 0.901 bits per heavy atom. The summed E-state index contributed by atoms with van der Waals surface area (Å²) in [4.78, 5) is 87.6. The molecule has 0 radical (unpaired) electrons. The first-order chi connectivity index (χ1) is 42.0. The minimum Gasteiger partial charge on any atom is -0.369 e. The van der Waals surface area contributed by atoms with Gasteiger partial charge in [0.1, 0.15) is 0 Å². The Morgan fingerprint density at radius 1 is 0.495 bits per heavy atom. The van der Waals surface area contributed by atoms with E-state index in [-0.39, 0.29) is 111 Å². The number of carbonyl (C=O) groups excluding carboxylic acids is 6. The molecule has 8 rings (SSSR count). The third-order valence-electron chi connectivity index (χ3n) is 12.6. The van der Waals surface area contributed by atoms with E-state index < -0.39 is 0 Å². The van der Waals surface area contributed by atoms with Crippen molar-refractivity contribution in [3.8, 4) is 0 Å². The van der Waals surface area contributed by atoms with Gasteiger partial charge < -0.3 is 55.1 Å². The van der Waals surface area contributed by atoms with Gasteiger partial charge in [-0.1, -0.05) is 104 Å². The number of nitrogens with zero attached hydrogens (tertiary/aromatic N) is 8. The second-order valence-corrected chi connectivity index (χ2v) is 29.1. The minimum atomic E-state index is -0.302. The molecule has 0 spiro atoms. The molecular weight excluding hydrogens is 1160 g/mol. The van der Waals surface area contributed by atoms with Crippen molar-refractivity contribution in [2.45, 2.75) is 262 Å². The SMILES string of the molecule is CC(C)CNC(=O)c1noc(C(C)(C)C)n1.CC(C)NC(=O)N1CC(OC(C)(C)C)C1.CC(C)NC(=O)c1ccc(C(C)(C)C)cc1.CC(C)NC(=O)c1ccc(C2CC2)nc1.CC(C)NC(=O)c1noc(C(C)(C)C)n1.CC(C)NC(=O)c1noc(C2CC2)n1. The molecule has 91 heavy (non-hydrogen) atoms. The number of likely N-dealkylation sites (tertiary alicyclic amines) is 1. The normalized spacial score (nSPS) is 14.0. The first-order valence-electron chi connectivity index (χ1n) is 31.9. The Balaban J connectivity index is 0.000000285. The molecule has 0 unspecified atom stereocenters. The number of amides is 7. The van der Waals surface area contributed by atoms with Crippen LogP contribution in [0.2, 0.25) is 0 Å². The Labute approximate surface area is 540 Å². The van der Waals surface area contributed by atoms with Crippen LogP contribution >= 0.6 is 0 Å². The molecule has 4 aromatic heterocycles. The summed E-state index contributed by atoms with van der Waals surface area (Å²) in [7, 11) is 0. The summed E-state index contributed by atoms with van der Waals surface area (Å²) in [6.45, 7) is 49.6. The van der Waals surface area contributed by atoms with Crippen molar-refractivity contribution in [1.29, 1.82) is 0 Å². The highest BCUT2D eigenvalue weighted by Gasteiger charge is 2.35. The van der Waals surface area contributed by atoms with Crippen LogP contribution in [0.25, 0.3) is 0 Å². The Kier molecular flexibility index (Phi) is 29.6. The van der Waals surface area contributed by atoms with Crippen LogP contribution in [0, 0.1) is 5.92 Å². The number of nitrogens with one attached hydrogen (secondary N) is 6. The van der Waals surface area contributed by atoms with Crippen LogP contribution in [0.3, 0.4) is 0 Å². The zero-order chi connectivity index (χ0) is 68.9. The average Bonchev–Trinajstić information content (AvgIpc) is 2.01. The van der Waals surface area contributed by atoms with Crippen molar-refractivity contribution >= 4 is 35.6 Å². The van der Waals surface area contributed by atoms with Crippen LogP contribution in [0.15, 0.2) is 56.2 Å². The fraction of sp³-hybridized carbons (Fsp3) is 0.657. The smallest absolute Gasteiger partial charge is 0.317 e. The molecule has 2 saturated carbocycles. The predicted octanol–water partition coefficient (Wildman–Crippen LogP) is 11.2. The number of urea groups is 1. The van der Waals surface area contributed by atoms with Crippen LogP contribution < -0.4 is 31.9 Å². The van der Waals surface area contributed by atoms with Crippen molar-refractivity contribution in [3.63, 3.8) is 0 Å². The van der Waals surface area contributed by atoms with Crippen LogP contribution in [-0.4, -0.2) is 137 Å². The molecule has 5 aromatic rings. The summed E-state index contributed by atoms with van der Waals surface area (Å²) >= 11 is 0. The number of aromatic nitrogens is 7. The topological polar surface area (TPSA) is 317 Å². The van der Waals surface area contributed by atoms with Crippen LogP contribution in [0.1, 0.15) is 285 Å². The molecule has 0 bridgehead atoms. The standard InChI is InChI=1S/C14H21NO.C12H16N2O.C11H19N3O2.C11H22N2O2.C10H17N3O2.C9H13N3O2/c1-10(2)15-13(16)11-6-8-12(9-7-11)14(3,4)5;1-8(2)14-12(15)10-5-6-11(13-7-10)9-3-4-9;1-7(2)6-12-9(15)8-13-10(16-14-8)11(3,4)5;1-8(2)12-10(14)13-6-9(7-13)15-11(3,4)5;1-6(2)11-8(14)7-12-9(15-13-7)10(3,4)5;1-5(2)10-8(13)7-11-9(14-12-7)6-3-4-6/h6-10H,1-5H3,(H,15,16);5-9H,3-4H2,1-2H3,(H,14,15);7H,6H2,1-5H3,(H,12,15);8-9H,6-7H2,1-5H3,(H,12,14);6H,1-5H3,(H,11,14);5-6H,3-4H2,1-2H3,(H,10,13). The van der Waals surface area contributed by atoms with Gasteiger partial charge in [-0.25, -0.2) is 4.79 Å². The largest absolute Gasteiger partial charge is 0.369 e. The number of ether oxygens (including phenoxy) is 1. The van der Waals surface area contributed by atoms with E-state index >= 15 is 0 Å². The Morgan fingerprint density at radius 3 is 1.27 bits per heavy atom. The first kappa shape index (κ1) is 77.6. The van der Waals surface area contributed by atoms with Crippen LogP contribution in [-0.2, 0) is 21.0 Å². The highest BCUT2D eigenvalue weighted by atomic mass is 16.5. The molecule has 0 atom stereocenters. The summed E-state index contributed by atoms with van der Waals surface area (Å²) in [6.07, 6.45) is 6.53. The maximum atomic E-state index is 11.7. The molecule has 5 heterocycles. The molecule has 7 amide bonds. The molecule has 3 fully saturated rings. The molecule has 2 aliphatic carbocycles. The summed E-state index contributed by atoms with van der Waals surface area (Å²) in [6, 6.07) is 12.3. The lowest BCUT2D eigenvalue weighted by molar-refractivity contribution is -0.111. The lowest BCUT2D eigenvalue weighted by Gasteiger charge is -2.42. The second-order valence-electron chi connectivity index (χ2n) is 29.1. The van der Waals surface area contributed by atoms with Gasteiger partial charge in [0.25, 0.3) is 47.0 Å². The van der Waals surface area contributed by atoms with Crippen molar-refractivity contribution in [2.75, 3.05) is 19.6 Å². The number of benzene rings is 1. The van der Waals surface area contributed by atoms with Gasteiger partial charge in [-0.3, -0.25) is 29.0 Å². The summed E-state index contributed by atoms with van der Waals surface area (Å²) < 4.78 is 20.8. The van der Waals surface area contributed by atoms with Crippen molar-refractivity contribution in [1.82, 2.24) is 72.2 Å². The molecule has 3 aliphatic rings. The van der Waals surface area contributed by atoms with Crippen molar-refractivity contribution in [2.24, 2.45) is 5.92 Å². The fourth-order valence-corrected chi connectivity index (χ4v) is 7.58. The zero-order valence-corrected chi connectivity index (χ0v) is 58.8. The number of hydrogen-bond acceptors (Lipinski definition) is 17. The third kappa shape index (κ3) is 29.9. The molecule has 1 aromatic carbocycles. The number of hydrogen-bond donors (Lipinski definition) is 6.